The molecule has 0 aliphatic carbocycles. The van der Waals surface area contributed by atoms with Crippen molar-refractivity contribution in [2.75, 3.05) is 16.8 Å². The average molecular weight is 475 g/mol. The van der Waals surface area contributed by atoms with Gasteiger partial charge >= 0.3 is 12.1 Å². The van der Waals surface area contributed by atoms with Gasteiger partial charge < -0.3 is 15.1 Å². The third-order valence-electron chi connectivity index (χ3n) is 6.94. The molecule has 0 unspecified atom stereocenters. The number of hydrogen-bond donors (Lipinski definition) is 1. The van der Waals surface area contributed by atoms with Gasteiger partial charge in [-0.05, 0) is 42.8 Å². The van der Waals surface area contributed by atoms with Crippen LogP contribution in [-0.4, -0.2) is 57.4 Å². The number of imide groups is 1. The molecule has 11 heteroatoms. The lowest BCUT2D eigenvalue weighted by Crippen LogP contribution is -2.55. The summed E-state index contributed by atoms with van der Waals surface area (Å²) in [5.74, 6) is -0.895. The van der Waals surface area contributed by atoms with Crippen LogP contribution in [0.3, 0.4) is 0 Å². The molecule has 10 nitrogen and oxygen atoms in total. The first-order valence-corrected chi connectivity index (χ1v) is 11.0. The third kappa shape index (κ3) is 3.04. The maximum Gasteiger partial charge on any atom is 0.332 e. The van der Waals surface area contributed by atoms with Gasteiger partial charge in [0.25, 0.3) is 11.6 Å². The van der Waals surface area contributed by atoms with E-state index in [2.05, 4.69) is 5.32 Å². The second-order valence-electron chi connectivity index (χ2n) is 8.76. The van der Waals surface area contributed by atoms with Crippen molar-refractivity contribution in [2.24, 2.45) is 0 Å². The van der Waals surface area contributed by atoms with Crippen molar-refractivity contribution < 1.29 is 23.7 Å². The summed E-state index contributed by atoms with van der Waals surface area (Å²) in [5, 5.41) is 14.9. The number of nitro benzene ring substituents is 1. The van der Waals surface area contributed by atoms with Gasteiger partial charge in [0.15, 0.2) is 0 Å². The number of amides is 5. The van der Waals surface area contributed by atoms with E-state index in [1.807, 2.05) is 0 Å². The maximum absolute atomic E-state index is 13.5. The Hall–Kier alpha value is -4.54. The Kier molecular flexibility index (Phi) is 4.50. The Balaban J connectivity index is 1.31. The van der Waals surface area contributed by atoms with Crippen LogP contribution in [0.2, 0.25) is 0 Å². The highest BCUT2D eigenvalue weighted by Crippen LogP contribution is 2.44. The van der Waals surface area contributed by atoms with Crippen molar-refractivity contribution in [1.29, 1.82) is 0 Å². The smallest absolute Gasteiger partial charge is 0.317 e. The highest BCUT2D eigenvalue weighted by Gasteiger charge is 2.63. The van der Waals surface area contributed by atoms with E-state index in [1.165, 1.54) is 46.2 Å². The zero-order valence-corrected chi connectivity index (χ0v) is 18.1. The molecular weight excluding hydrogens is 457 g/mol. The fraction of sp³-hybridized carbons (Fsp3) is 0.208. The molecule has 0 radical (unpaired) electrons. The summed E-state index contributed by atoms with van der Waals surface area (Å²) < 4.78 is 13.2. The van der Waals surface area contributed by atoms with Crippen LogP contribution >= 0.6 is 0 Å². The van der Waals surface area contributed by atoms with E-state index < -0.39 is 40.8 Å². The minimum Gasteiger partial charge on any atom is -0.317 e. The van der Waals surface area contributed by atoms with E-state index >= 15 is 0 Å². The van der Waals surface area contributed by atoms with Crippen molar-refractivity contribution in [3.63, 3.8) is 0 Å². The first kappa shape index (κ1) is 21.0. The lowest BCUT2D eigenvalue weighted by Gasteiger charge is -2.34. The molecule has 0 spiro atoms. The summed E-state index contributed by atoms with van der Waals surface area (Å²) in [6, 6.07) is 12.0. The number of piperazine rings is 1. The van der Waals surface area contributed by atoms with E-state index in [4.69, 9.17) is 0 Å². The van der Waals surface area contributed by atoms with Gasteiger partial charge in [0, 0.05) is 23.7 Å². The highest BCUT2D eigenvalue weighted by atomic mass is 19.1. The zero-order chi connectivity index (χ0) is 24.4. The van der Waals surface area contributed by atoms with E-state index in [-0.39, 0.29) is 24.0 Å². The first-order chi connectivity index (χ1) is 16.8. The van der Waals surface area contributed by atoms with E-state index in [9.17, 15) is 28.9 Å². The number of fused-ring (bicyclic) bond motifs is 6. The molecule has 3 heterocycles. The second-order valence-corrected chi connectivity index (χ2v) is 8.76. The second kappa shape index (κ2) is 7.49. The van der Waals surface area contributed by atoms with Crippen LogP contribution in [0.1, 0.15) is 6.42 Å². The Morgan fingerprint density at radius 1 is 1.03 bits per heavy atom. The SMILES string of the molecule is O=C1[C@H]2[C@@H]3C[C@@H](CN3C(=O)Nc3ccc(F)cc3)N2C(=O)N1c1ccc([N+](=O)[O-])c2ccccc12. The van der Waals surface area contributed by atoms with Gasteiger partial charge in [-0.1, -0.05) is 18.2 Å². The number of nitrogens with zero attached hydrogens (tertiary/aromatic N) is 4. The number of hydrogen-bond acceptors (Lipinski definition) is 5. The van der Waals surface area contributed by atoms with Crippen LogP contribution in [0.25, 0.3) is 10.8 Å². The summed E-state index contributed by atoms with van der Waals surface area (Å²) in [7, 11) is 0. The molecule has 3 aromatic rings. The molecule has 35 heavy (non-hydrogen) atoms. The van der Waals surface area contributed by atoms with Crippen molar-refractivity contribution in [3.05, 3.63) is 76.6 Å². The molecule has 3 saturated heterocycles. The number of rotatable bonds is 3. The molecule has 0 saturated carbocycles. The van der Waals surface area contributed by atoms with Gasteiger partial charge in [0.1, 0.15) is 11.9 Å². The quantitative estimate of drug-likeness (QED) is 0.352. The summed E-state index contributed by atoms with van der Waals surface area (Å²) >= 11 is 0. The number of nitrogens with one attached hydrogen (secondary N) is 1. The molecule has 3 aliphatic rings. The van der Waals surface area contributed by atoms with Gasteiger partial charge in [0.2, 0.25) is 0 Å². The van der Waals surface area contributed by atoms with E-state index in [1.54, 1.807) is 24.3 Å². The first-order valence-electron chi connectivity index (χ1n) is 11.0. The molecular formula is C24H18FN5O5. The van der Waals surface area contributed by atoms with Gasteiger partial charge in [-0.25, -0.2) is 18.9 Å². The maximum atomic E-state index is 13.5. The van der Waals surface area contributed by atoms with Crippen LogP contribution in [0.4, 0.5) is 31.0 Å². The highest BCUT2D eigenvalue weighted by molar-refractivity contribution is 6.25. The number of nitro groups is 1. The molecule has 1 N–H and O–H groups in total. The van der Waals surface area contributed by atoms with Crippen molar-refractivity contribution in [1.82, 2.24) is 9.80 Å². The number of urea groups is 2. The van der Waals surface area contributed by atoms with Crippen molar-refractivity contribution >= 4 is 45.8 Å². The summed E-state index contributed by atoms with van der Waals surface area (Å²) in [6.45, 7) is 0.266. The number of halogens is 1. The number of non-ortho nitro benzene ring substituents is 1. The Morgan fingerprint density at radius 2 is 1.74 bits per heavy atom. The number of anilines is 2. The topological polar surface area (TPSA) is 116 Å². The normalized spacial score (nSPS) is 22.8. The standard InChI is InChI=1S/C24H18FN5O5/c25-13-5-7-14(8-6-13)26-23(32)27-12-15-11-20(27)21-22(31)29(24(33)28(15)21)18-9-10-19(30(34)35)17-4-2-1-3-16(17)18/h1-10,15,20-21H,11-12H2,(H,26,32)/t15-,20-,21+/m0/s1. The summed E-state index contributed by atoms with van der Waals surface area (Å²) in [5.41, 5.74) is 0.578. The summed E-state index contributed by atoms with van der Waals surface area (Å²) in [6.07, 6.45) is 0.480. The molecule has 3 atom stereocenters. The van der Waals surface area contributed by atoms with Gasteiger partial charge in [-0.2, -0.15) is 0 Å². The molecule has 5 amide bonds. The Morgan fingerprint density at radius 3 is 2.46 bits per heavy atom. The summed E-state index contributed by atoms with van der Waals surface area (Å²) in [4.78, 5) is 54.9. The van der Waals surface area contributed by atoms with Crippen LogP contribution in [0.5, 0.6) is 0 Å². The van der Waals surface area contributed by atoms with E-state index in [0.29, 0.717) is 22.9 Å². The molecule has 6 rings (SSSR count). The van der Waals surface area contributed by atoms with Crippen LogP contribution < -0.4 is 10.2 Å². The molecule has 3 fully saturated rings. The average Bonchev–Trinajstić information content (AvgIpc) is 3.51. The van der Waals surface area contributed by atoms with Gasteiger partial charge in [0.05, 0.1) is 28.1 Å². The molecule has 176 valence electrons. The minimum atomic E-state index is -0.839. The number of benzene rings is 3. The van der Waals surface area contributed by atoms with Crippen molar-refractivity contribution in [3.8, 4) is 0 Å². The van der Waals surface area contributed by atoms with Crippen LogP contribution in [-0.2, 0) is 4.79 Å². The third-order valence-corrected chi connectivity index (χ3v) is 6.94. The van der Waals surface area contributed by atoms with Crippen LogP contribution in [0.15, 0.2) is 60.7 Å². The Labute approximate surface area is 197 Å². The number of carbonyl (C=O) groups excluding carboxylic acids is 3. The zero-order valence-electron chi connectivity index (χ0n) is 18.1. The fourth-order valence-corrected chi connectivity index (χ4v) is 5.46. The fourth-order valence-electron chi connectivity index (χ4n) is 5.46. The number of likely N-dealkylation sites (tertiary alicyclic amines) is 1. The van der Waals surface area contributed by atoms with Gasteiger partial charge in [-0.3, -0.25) is 14.9 Å². The van der Waals surface area contributed by atoms with Gasteiger partial charge in [-0.15, -0.1) is 0 Å². The lowest BCUT2D eigenvalue weighted by atomic mass is 10.0. The lowest BCUT2D eigenvalue weighted by molar-refractivity contribution is -0.383. The largest absolute Gasteiger partial charge is 0.332 e. The predicted molar refractivity (Wildman–Crippen MR) is 123 cm³/mol. The Bertz CT molecular complexity index is 1430. The molecule has 3 aliphatic heterocycles. The molecule has 3 aromatic carbocycles. The number of carbonyl (C=O) groups is 3. The minimum absolute atomic E-state index is 0.118. The van der Waals surface area contributed by atoms with Crippen LogP contribution in [0, 0.1) is 15.9 Å². The van der Waals surface area contributed by atoms with Crippen molar-refractivity contribution in [2.45, 2.75) is 24.5 Å². The predicted octanol–water partition coefficient (Wildman–Crippen LogP) is 3.71. The molecule has 0 aromatic heterocycles. The molecule has 2 bridgehead atoms. The van der Waals surface area contributed by atoms with E-state index in [0.717, 1.165) is 4.90 Å². The monoisotopic (exact) mass is 475 g/mol.